The van der Waals surface area contributed by atoms with E-state index in [-0.39, 0.29) is 11.5 Å². The van der Waals surface area contributed by atoms with Crippen molar-refractivity contribution in [2.45, 2.75) is 18.3 Å². The lowest BCUT2D eigenvalue weighted by Gasteiger charge is -2.19. The van der Waals surface area contributed by atoms with Crippen molar-refractivity contribution >= 4 is 23.7 Å². The molecule has 0 saturated heterocycles. The Bertz CT molecular complexity index is 793. The first kappa shape index (κ1) is 21.0. The zero-order valence-electron chi connectivity index (χ0n) is 14.7. The number of phenolic OH excluding ortho intramolecular Hbond substituents is 2. The molecule has 0 radical (unpaired) electrons. The zero-order chi connectivity index (χ0) is 20.7. The number of aliphatic hydroxyl groups is 3. The molecule has 5 N–H and O–H groups in total. The van der Waals surface area contributed by atoms with Crippen LogP contribution in [0.2, 0.25) is 0 Å². The quantitative estimate of drug-likeness (QED) is 0.429. The van der Waals surface area contributed by atoms with Gasteiger partial charge in [0.05, 0.1) is 0 Å². The second-order valence-corrected chi connectivity index (χ2v) is 6.03. The Morgan fingerprint density at radius 2 is 0.964 bits per heavy atom. The van der Waals surface area contributed by atoms with Gasteiger partial charge in [-0.25, -0.2) is 0 Å². The van der Waals surface area contributed by atoms with Crippen LogP contribution < -0.4 is 0 Å². The summed E-state index contributed by atoms with van der Waals surface area (Å²) in [6.07, 6.45) is -1.27. The molecule has 7 nitrogen and oxygen atoms in total. The lowest BCUT2D eigenvalue weighted by molar-refractivity contribution is -0.141. The van der Waals surface area contributed by atoms with E-state index >= 15 is 0 Å². The topological polar surface area (TPSA) is 135 Å². The Morgan fingerprint density at radius 1 is 0.643 bits per heavy atom. The number of benzene rings is 2. The third-order valence-corrected chi connectivity index (χ3v) is 3.90. The molecule has 2 aromatic rings. The minimum atomic E-state index is -2.01. The number of phenols is 2. The molecule has 2 atom stereocenters. The monoisotopic (exact) mass is 384 g/mol. The summed E-state index contributed by atoms with van der Waals surface area (Å²) in [7, 11) is 0. The molecule has 146 valence electrons. The maximum Gasteiger partial charge on any atom is 0.186 e. The zero-order valence-corrected chi connectivity index (χ0v) is 14.7. The average Bonchev–Trinajstić information content (AvgIpc) is 2.70. The number of aromatic hydroxyl groups is 2. The summed E-state index contributed by atoms with van der Waals surface area (Å²) >= 11 is 0. The number of ketones is 2. The van der Waals surface area contributed by atoms with Gasteiger partial charge in [-0.3, -0.25) is 9.59 Å². The van der Waals surface area contributed by atoms with Crippen molar-refractivity contribution in [1.29, 1.82) is 0 Å². The number of carbonyl (C=O) groups is 2. The van der Waals surface area contributed by atoms with Crippen LogP contribution in [0.25, 0.3) is 12.2 Å². The van der Waals surface area contributed by atoms with Crippen LogP contribution in [0.5, 0.6) is 11.5 Å². The van der Waals surface area contributed by atoms with Crippen LogP contribution in [0.4, 0.5) is 0 Å². The van der Waals surface area contributed by atoms with Gasteiger partial charge in [0.1, 0.15) is 29.8 Å². The molecule has 2 aromatic carbocycles. The second-order valence-electron chi connectivity index (χ2n) is 6.03. The summed E-state index contributed by atoms with van der Waals surface area (Å²) in [4.78, 5) is 23.9. The SMILES string of the molecule is O=C(/C=C/c1ccc(O)cc1)C(O)C(O)C(O)C(=O)/C=C/c1ccc(O)cc1. The predicted molar refractivity (Wildman–Crippen MR) is 102 cm³/mol. The third kappa shape index (κ3) is 5.88. The summed E-state index contributed by atoms with van der Waals surface area (Å²) in [5.41, 5.74) is 1.14. The third-order valence-electron chi connectivity index (χ3n) is 3.90. The van der Waals surface area contributed by atoms with Crippen molar-refractivity contribution in [1.82, 2.24) is 0 Å². The van der Waals surface area contributed by atoms with Crippen molar-refractivity contribution in [3.8, 4) is 11.5 Å². The van der Waals surface area contributed by atoms with E-state index in [9.17, 15) is 35.1 Å². The molecule has 0 heterocycles. The molecule has 2 rings (SSSR count). The summed E-state index contributed by atoms with van der Waals surface area (Å²) in [6.45, 7) is 0. The van der Waals surface area contributed by atoms with Crippen molar-refractivity contribution in [2.24, 2.45) is 0 Å². The molecule has 0 aromatic heterocycles. The Balaban J connectivity index is 1.96. The van der Waals surface area contributed by atoms with Gasteiger partial charge < -0.3 is 25.5 Å². The maximum atomic E-state index is 12.0. The Kier molecular flexibility index (Phi) is 7.22. The highest BCUT2D eigenvalue weighted by atomic mass is 16.4. The summed E-state index contributed by atoms with van der Waals surface area (Å²) in [5.74, 6) is -1.67. The van der Waals surface area contributed by atoms with Gasteiger partial charge in [-0.15, -0.1) is 0 Å². The lowest BCUT2D eigenvalue weighted by Crippen LogP contribution is -2.45. The number of aliphatic hydroxyl groups excluding tert-OH is 3. The highest BCUT2D eigenvalue weighted by molar-refractivity contribution is 6.00. The fourth-order valence-electron chi connectivity index (χ4n) is 2.23. The minimum absolute atomic E-state index is 0.0564. The Labute approximate surface area is 161 Å². The van der Waals surface area contributed by atoms with E-state index in [2.05, 4.69) is 0 Å². The van der Waals surface area contributed by atoms with Gasteiger partial charge in [-0.2, -0.15) is 0 Å². The van der Waals surface area contributed by atoms with Crippen LogP contribution in [-0.2, 0) is 9.59 Å². The van der Waals surface area contributed by atoms with E-state index in [1.807, 2.05) is 0 Å². The second kappa shape index (κ2) is 9.61. The highest BCUT2D eigenvalue weighted by Crippen LogP contribution is 2.13. The Hall–Kier alpha value is -3.26. The van der Waals surface area contributed by atoms with E-state index in [4.69, 9.17) is 0 Å². The molecule has 0 fully saturated rings. The molecule has 0 aliphatic rings. The normalized spacial score (nSPS) is 14.8. The molecular weight excluding hydrogens is 364 g/mol. The minimum Gasteiger partial charge on any atom is -0.508 e. The number of hydrogen-bond acceptors (Lipinski definition) is 7. The fourth-order valence-corrected chi connectivity index (χ4v) is 2.23. The molecule has 0 aliphatic heterocycles. The van der Waals surface area contributed by atoms with Crippen LogP contribution in [0, 0.1) is 0 Å². The molecule has 2 unspecified atom stereocenters. The molecule has 28 heavy (non-hydrogen) atoms. The summed E-state index contributed by atoms with van der Waals surface area (Å²) in [6, 6.07) is 11.8. The molecule has 0 amide bonds. The maximum absolute atomic E-state index is 12.0. The van der Waals surface area contributed by atoms with Crippen LogP contribution in [0.1, 0.15) is 11.1 Å². The van der Waals surface area contributed by atoms with Crippen LogP contribution >= 0.6 is 0 Å². The van der Waals surface area contributed by atoms with Crippen molar-refractivity contribution < 1.29 is 35.1 Å². The molecule has 7 heteroatoms. The fraction of sp³-hybridized carbons (Fsp3) is 0.143. The van der Waals surface area contributed by atoms with E-state index in [0.717, 1.165) is 12.2 Å². The number of carbonyl (C=O) groups excluding carboxylic acids is 2. The number of rotatable bonds is 8. The molecule has 0 saturated carbocycles. The molecule has 0 bridgehead atoms. The van der Waals surface area contributed by atoms with Gasteiger partial charge >= 0.3 is 0 Å². The average molecular weight is 384 g/mol. The van der Waals surface area contributed by atoms with E-state index in [0.29, 0.717) is 11.1 Å². The predicted octanol–water partition coefficient (Wildman–Crippen LogP) is 1.05. The largest absolute Gasteiger partial charge is 0.508 e. The van der Waals surface area contributed by atoms with Crippen molar-refractivity contribution in [2.75, 3.05) is 0 Å². The van der Waals surface area contributed by atoms with Crippen LogP contribution in [-0.4, -0.2) is 55.4 Å². The van der Waals surface area contributed by atoms with Gasteiger partial charge in [0.25, 0.3) is 0 Å². The van der Waals surface area contributed by atoms with Gasteiger partial charge in [0.2, 0.25) is 0 Å². The van der Waals surface area contributed by atoms with E-state index in [1.165, 1.54) is 60.7 Å². The molecule has 0 aliphatic carbocycles. The van der Waals surface area contributed by atoms with Crippen LogP contribution in [0.15, 0.2) is 60.7 Å². The summed E-state index contributed by atoms with van der Waals surface area (Å²) in [5, 5.41) is 48.1. The van der Waals surface area contributed by atoms with Gasteiger partial charge in [0.15, 0.2) is 11.6 Å². The number of hydrogen-bond donors (Lipinski definition) is 5. The highest BCUT2D eigenvalue weighted by Gasteiger charge is 2.32. The Morgan fingerprint density at radius 3 is 1.29 bits per heavy atom. The van der Waals surface area contributed by atoms with Gasteiger partial charge in [0, 0.05) is 0 Å². The molecule has 0 spiro atoms. The van der Waals surface area contributed by atoms with E-state index in [1.54, 1.807) is 0 Å². The van der Waals surface area contributed by atoms with Gasteiger partial charge in [-0.1, -0.05) is 36.4 Å². The standard InChI is InChI=1S/C21H20O7/c22-15-7-1-13(2-8-15)5-11-17(24)19(26)21(28)20(27)18(25)12-6-14-3-9-16(23)10-4-14/h1-12,19-23,26-28H/b11-5+,12-6+. The molecular formula is C21H20O7. The first-order valence-electron chi connectivity index (χ1n) is 8.34. The van der Waals surface area contributed by atoms with Crippen molar-refractivity contribution in [3.63, 3.8) is 0 Å². The van der Waals surface area contributed by atoms with Crippen LogP contribution in [0.3, 0.4) is 0 Å². The van der Waals surface area contributed by atoms with Gasteiger partial charge in [-0.05, 0) is 47.5 Å². The first-order valence-corrected chi connectivity index (χ1v) is 8.34. The smallest absolute Gasteiger partial charge is 0.186 e. The van der Waals surface area contributed by atoms with E-state index < -0.39 is 29.9 Å². The lowest BCUT2D eigenvalue weighted by atomic mass is 10.00. The van der Waals surface area contributed by atoms with Crippen molar-refractivity contribution in [3.05, 3.63) is 71.8 Å². The first-order chi connectivity index (χ1) is 13.3. The summed E-state index contributed by atoms with van der Waals surface area (Å²) < 4.78 is 0.